The maximum absolute atomic E-state index is 5.71. The summed E-state index contributed by atoms with van der Waals surface area (Å²) in [6.45, 7) is 7.35. The standard InChI is InChI=1S/C11H25OPS/c1-4-6-7-8-9-10-11-12-13(3,14)5-2/h4-11H2,1-3H3. The predicted octanol–water partition coefficient (Wildman–Crippen LogP) is 4.41. The van der Waals surface area contributed by atoms with Gasteiger partial charge in [-0.15, -0.1) is 0 Å². The van der Waals surface area contributed by atoms with Gasteiger partial charge in [-0.1, -0.05) is 57.8 Å². The van der Waals surface area contributed by atoms with E-state index in [4.69, 9.17) is 16.3 Å². The van der Waals surface area contributed by atoms with Gasteiger partial charge in [0.25, 0.3) is 0 Å². The quantitative estimate of drug-likeness (QED) is 0.433. The third-order valence-electron chi connectivity index (χ3n) is 2.44. The minimum atomic E-state index is -1.40. The molecule has 3 heteroatoms. The second kappa shape index (κ2) is 8.88. The van der Waals surface area contributed by atoms with Crippen LogP contribution in [0, 0.1) is 0 Å². The Hall–Kier alpha value is 0.610. The molecule has 0 aliphatic heterocycles. The summed E-state index contributed by atoms with van der Waals surface area (Å²) in [4.78, 5) is 0. The number of rotatable bonds is 9. The minimum Gasteiger partial charge on any atom is -0.351 e. The van der Waals surface area contributed by atoms with Crippen molar-refractivity contribution in [2.45, 2.75) is 52.4 Å². The van der Waals surface area contributed by atoms with Gasteiger partial charge in [-0.25, -0.2) is 0 Å². The molecule has 0 aromatic heterocycles. The fraction of sp³-hybridized carbons (Fsp3) is 1.00. The smallest absolute Gasteiger partial charge is 0.0642 e. The molecule has 0 amide bonds. The van der Waals surface area contributed by atoms with Crippen LogP contribution in [0.5, 0.6) is 0 Å². The second-order valence-corrected chi connectivity index (χ2v) is 9.17. The van der Waals surface area contributed by atoms with Crippen molar-refractivity contribution in [2.24, 2.45) is 0 Å². The summed E-state index contributed by atoms with van der Waals surface area (Å²) in [5, 5.41) is 0. The van der Waals surface area contributed by atoms with Gasteiger partial charge < -0.3 is 4.52 Å². The maximum Gasteiger partial charge on any atom is 0.0642 e. The zero-order chi connectivity index (χ0) is 10.9. The largest absolute Gasteiger partial charge is 0.351 e. The van der Waals surface area contributed by atoms with Crippen LogP contribution in [0.3, 0.4) is 0 Å². The second-order valence-electron chi connectivity index (χ2n) is 3.93. The fourth-order valence-electron chi connectivity index (χ4n) is 1.23. The van der Waals surface area contributed by atoms with Crippen LogP contribution >= 0.6 is 6.26 Å². The van der Waals surface area contributed by atoms with Crippen LogP contribution in [0.15, 0.2) is 0 Å². The van der Waals surface area contributed by atoms with Crippen molar-refractivity contribution in [1.82, 2.24) is 0 Å². The Kier molecular flexibility index (Phi) is 9.27. The van der Waals surface area contributed by atoms with Crippen LogP contribution in [0.4, 0.5) is 0 Å². The predicted molar refractivity (Wildman–Crippen MR) is 70.1 cm³/mol. The first-order valence-electron chi connectivity index (χ1n) is 5.83. The van der Waals surface area contributed by atoms with E-state index < -0.39 is 6.26 Å². The Morgan fingerprint density at radius 1 is 1.00 bits per heavy atom. The van der Waals surface area contributed by atoms with Gasteiger partial charge in [0, 0.05) is 0 Å². The molecule has 0 aromatic rings. The Bertz CT molecular complexity index is 171. The van der Waals surface area contributed by atoms with Crippen molar-refractivity contribution in [3.05, 3.63) is 0 Å². The Labute approximate surface area is 94.7 Å². The molecule has 0 radical (unpaired) electrons. The molecule has 0 aliphatic carbocycles. The molecule has 0 N–H and O–H groups in total. The molecule has 1 unspecified atom stereocenters. The molecular weight excluding hydrogens is 211 g/mol. The molecular formula is C11H25OPS. The van der Waals surface area contributed by atoms with E-state index in [9.17, 15) is 0 Å². The van der Waals surface area contributed by atoms with E-state index in [0.717, 1.165) is 12.8 Å². The minimum absolute atomic E-state index is 0.883. The zero-order valence-corrected chi connectivity index (χ0v) is 11.6. The highest BCUT2D eigenvalue weighted by molar-refractivity contribution is 8.11. The molecule has 0 aliphatic rings. The molecule has 0 saturated heterocycles. The summed E-state index contributed by atoms with van der Waals surface area (Å²) in [5.74, 6) is 0. The van der Waals surface area contributed by atoms with Crippen LogP contribution in [0.25, 0.3) is 0 Å². The number of hydrogen-bond acceptors (Lipinski definition) is 2. The lowest BCUT2D eigenvalue weighted by molar-refractivity contribution is 0.336. The first-order chi connectivity index (χ1) is 6.62. The van der Waals surface area contributed by atoms with Gasteiger partial charge in [0.05, 0.1) is 12.9 Å². The van der Waals surface area contributed by atoms with Gasteiger partial charge >= 0.3 is 0 Å². The number of unbranched alkanes of at least 4 members (excludes halogenated alkanes) is 5. The zero-order valence-electron chi connectivity index (χ0n) is 9.92. The highest BCUT2D eigenvalue weighted by Crippen LogP contribution is 2.42. The molecule has 0 spiro atoms. The number of hydrogen-bond donors (Lipinski definition) is 0. The summed E-state index contributed by atoms with van der Waals surface area (Å²) in [6, 6.07) is 0. The van der Waals surface area contributed by atoms with Crippen molar-refractivity contribution >= 4 is 18.1 Å². The monoisotopic (exact) mass is 236 g/mol. The van der Waals surface area contributed by atoms with Gasteiger partial charge in [0.2, 0.25) is 0 Å². The van der Waals surface area contributed by atoms with E-state index >= 15 is 0 Å². The molecule has 86 valence electrons. The van der Waals surface area contributed by atoms with Crippen LogP contribution in [-0.2, 0) is 16.3 Å². The Balaban J connectivity index is 3.17. The maximum atomic E-state index is 5.71. The summed E-state index contributed by atoms with van der Waals surface area (Å²) in [7, 11) is 0. The molecule has 0 bridgehead atoms. The summed E-state index contributed by atoms with van der Waals surface area (Å²) < 4.78 is 5.71. The van der Waals surface area contributed by atoms with E-state index in [1.165, 1.54) is 38.5 Å². The SMILES string of the molecule is CCCCCCCCOP(C)(=S)CC. The Morgan fingerprint density at radius 3 is 2.14 bits per heavy atom. The van der Waals surface area contributed by atoms with Gasteiger partial charge in [-0.2, -0.15) is 0 Å². The first kappa shape index (κ1) is 14.6. The lowest BCUT2D eigenvalue weighted by atomic mass is 10.1. The van der Waals surface area contributed by atoms with Crippen molar-refractivity contribution < 1.29 is 4.52 Å². The third kappa shape index (κ3) is 9.18. The molecule has 1 nitrogen and oxygen atoms in total. The summed E-state index contributed by atoms with van der Waals surface area (Å²) >= 11 is 5.35. The highest BCUT2D eigenvalue weighted by Gasteiger charge is 2.05. The topological polar surface area (TPSA) is 9.23 Å². The molecule has 14 heavy (non-hydrogen) atoms. The van der Waals surface area contributed by atoms with Gasteiger partial charge in [-0.05, 0) is 19.2 Å². The molecule has 0 heterocycles. The van der Waals surface area contributed by atoms with E-state index in [-0.39, 0.29) is 0 Å². The normalized spacial score (nSPS) is 15.4. The van der Waals surface area contributed by atoms with Gasteiger partial charge in [0.15, 0.2) is 0 Å². The van der Waals surface area contributed by atoms with Crippen molar-refractivity contribution in [3.63, 3.8) is 0 Å². The van der Waals surface area contributed by atoms with Crippen LogP contribution in [0.2, 0.25) is 0 Å². The summed E-state index contributed by atoms with van der Waals surface area (Å²) in [6.07, 6.45) is 7.55. The van der Waals surface area contributed by atoms with Gasteiger partial charge in [-0.3, -0.25) is 0 Å². The molecule has 1 atom stereocenters. The lowest BCUT2D eigenvalue weighted by Gasteiger charge is -2.14. The molecule has 0 aromatic carbocycles. The first-order valence-corrected chi connectivity index (χ1v) is 9.18. The molecule has 0 rings (SSSR count). The van der Waals surface area contributed by atoms with Crippen molar-refractivity contribution in [3.8, 4) is 0 Å². The van der Waals surface area contributed by atoms with Crippen molar-refractivity contribution in [1.29, 1.82) is 0 Å². The third-order valence-corrected chi connectivity index (χ3v) is 5.41. The summed E-state index contributed by atoms with van der Waals surface area (Å²) in [5.41, 5.74) is 0. The van der Waals surface area contributed by atoms with E-state index in [2.05, 4.69) is 20.5 Å². The van der Waals surface area contributed by atoms with E-state index in [1.807, 2.05) is 0 Å². The highest BCUT2D eigenvalue weighted by atomic mass is 32.4. The van der Waals surface area contributed by atoms with Crippen LogP contribution < -0.4 is 0 Å². The van der Waals surface area contributed by atoms with Crippen molar-refractivity contribution in [2.75, 3.05) is 19.4 Å². The van der Waals surface area contributed by atoms with Gasteiger partial charge in [0.1, 0.15) is 0 Å². The van der Waals surface area contributed by atoms with E-state index in [0.29, 0.717) is 0 Å². The fourth-order valence-corrected chi connectivity index (χ4v) is 2.15. The molecule has 0 saturated carbocycles. The lowest BCUT2D eigenvalue weighted by Crippen LogP contribution is -1.94. The average Bonchev–Trinajstić information content (AvgIpc) is 2.16. The van der Waals surface area contributed by atoms with Crippen LogP contribution in [-0.4, -0.2) is 19.4 Å². The van der Waals surface area contributed by atoms with Crippen LogP contribution in [0.1, 0.15) is 52.4 Å². The average molecular weight is 236 g/mol. The molecule has 0 fully saturated rings. The Morgan fingerprint density at radius 2 is 1.57 bits per heavy atom. The van der Waals surface area contributed by atoms with E-state index in [1.54, 1.807) is 0 Å².